The minimum absolute atomic E-state index is 0.0399. The molecule has 2 amide bonds. The Bertz CT molecular complexity index is 1170. The Morgan fingerprint density at radius 3 is 2.18 bits per heavy atom. The molecule has 0 spiro atoms. The largest absolute Gasteiger partial charge is 0.361 e. The SMILES string of the molecule is CCCN1C(=O)c2cc(C(=O)Nc3ccccc3CC)ccc2[C@H]1Nc1ccccc1CC. The van der Waals surface area contributed by atoms with Gasteiger partial charge < -0.3 is 15.5 Å². The first-order valence-electron chi connectivity index (χ1n) is 11.8. The van der Waals surface area contributed by atoms with Gasteiger partial charge in [-0.15, -0.1) is 0 Å². The van der Waals surface area contributed by atoms with Gasteiger partial charge in [0.25, 0.3) is 11.8 Å². The Kier molecular flexibility index (Phi) is 6.78. The Labute approximate surface area is 195 Å². The van der Waals surface area contributed by atoms with Crippen LogP contribution in [-0.2, 0) is 12.8 Å². The summed E-state index contributed by atoms with van der Waals surface area (Å²) < 4.78 is 0. The van der Waals surface area contributed by atoms with E-state index in [4.69, 9.17) is 0 Å². The van der Waals surface area contributed by atoms with Crippen LogP contribution in [0.3, 0.4) is 0 Å². The predicted molar refractivity (Wildman–Crippen MR) is 134 cm³/mol. The summed E-state index contributed by atoms with van der Waals surface area (Å²) >= 11 is 0. The molecule has 3 aromatic rings. The summed E-state index contributed by atoms with van der Waals surface area (Å²) in [5, 5.41) is 6.60. The van der Waals surface area contributed by atoms with Gasteiger partial charge in [0, 0.05) is 34.6 Å². The maximum absolute atomic E-state index is 13.3. The van der Waals surface area contributed by atoms with Crippen molar-refractivity contribution >= 4 is 23.2 Å². The molecule has 1 aliphatic heterocycles. The normalized spacial score (nSPS) is 14.8. The number of nitrogens with zero attached hydrogens (tertiary/aromatic N) is 1. The highest BCUT2D eigenvalue weighted by Crippen LogP contribution is 2.36. The lowest BCUT2D eigenvalue weighted by molar-refractivity contribution is 0.0743. The highest BCUT2D eigenvalue weighted by Gasteiger charge is 2.37. The number of benzene rings is 3. The first-order valence-corrected chi connectivity index (χ1v) is 11.8. The number of amides is 2. The lowest BCUT2D eigenvalue weighted by Crippen LogP contribution is -2.33. The highest BCUT2D eigenvalue weighted by atomic mass is 16.2. The second-order valence-corrected chi connectivity index (χ2v) is 8.32. The van der Waals surface area contributed by atoms with Crippen LogP contribution in [0, 0.1) is 0 Å². The molecule has 1 aliphatic rings. The molecule has 0 unspecified atom stereocenters. The number of fused-ring (bicyclic) bond motifs is 1. The van der Waals surface area contributed by atoms with Crippen molar-refractivity contribution in [1.29, 1.82) is 0 Å². The minimum atomic E-state index is -0.252. The van der Waals surface area contributed by atoms with Gasteiger partial charge in [-0.25, -0.2) is 0 Å². The molecule has 33 heavy (non-hydrogen) atoms. The lowest BCUT2D eigenvalue weighted by atomic mass is 10.0. The second-order valence-electron chi connectivity index (χ2n) is 8.32. The van der Waals surface area contributed by atoms with Crippen molar-refractivity contribution in [3.63, 3.8) is 0 Å². The quantitative estimate of drug-likeness (QED) is 0.448. The number of carbonyl (C=O) groups excluding carboxylic acids is 2. The molecule has 170 valence electrons. The number of para-hydroxylation sites is 2. The van der Waals surface area contributed by atoms with E-state index in [0.29, 0.717) is 17.7 Å². The van der Waals surface area contributed by atoms with Crippen LogP contribution in [0.1, 0.15) is 70.8 Å². The fourth-order valence-corrected chi connectivity index (χ4v) is 4.45. The van der Waals surface area contributed by atoms with Crippen LogP contribution in [0.2, 0.25) is 0 Å². The maximum atomic E-state index is 13.3. The maximum Gasteiger partial charge on any atom is 0.256 e. The Hall–Kier alpha value is -3.60. The van der Waals surface area contributed by atoms with Crippen LogP contribution in [0.15, 0.2) is 66.7 Å². The number of anilines is 2. The summed E-state index contributed by atoms with van der Waals surface area (Å²) in [7, 11) is 0. The number of hydrogen-bond donors (Lipinski definition) is 2. The number of nitrogens with one attached hydrogen (secondary N) is 2. The lowest BCUT2D eigenvalue weighted by Gasteiger charge is -2.27. The fraction of sp³-hybridized carbons (Fsp3) is 0.286. The summed E-state index contributed by atoms with van der Waals surface area (Å²) in [5.74, 6) is -0.247. The minimum Gasteiger partial charge on any atom is -0.361 e. The fourth-order valence-electron chi connectivity index (χ4n) is 4.45. The van der Waals surface area contributed by atoms with Crippen LogP contribution in [0.5, 0.6) is 0 Å². The van der Waals surface area contributed by atoms with E-state index in [1.165, 1.54) is 5.56 Å². The van der Waals surface area contributed by atoms with Gasteiger partial charge in [-0.1, -0.05) is 63.2 Å². The van der Waals surface area contributed by atoms with Gasteiger partial charge in [0.1, 0.15) is 6.17 Å². The predicted octanol–water partition coefficient (Wildman–Crippen LogP) is 6.04. The van der Waals surface area contributed by atoms with Gasteiger partial charge in [0.2, 0.25) is 0 Å². The molecular weight excluding hydrogens is 410 g/mol. The number of hydrogen-bond acceptors (Lipinski definition) is 3. The molecular formula is C28H31N3O2. The van der Waals surface area contributed by atoms with Crippen LogP contribution in [0.25, 0.3) is 0 Å². The summed E-state index contributed by atoms with van der Waals surface area (Å²) in [6.45, 7) is 6.90. The molecule has 5 nitrogen and oxygen atoms in total. The van der Waals surface area contributed by atoms with E-state index >= 15 is 0 Å². The average molecular weight is 442 g/mol. The number of aryl methyl sites for hydroxylation is 2. The Balaban J connectivity index is 1.64. The summed E-state index contributed by atoms with van der Waals surface area (Å²) in [6, 6.07) is 21.4. The molecule has 4 rings (SSSR count). The molecule has 0 saturated carbocycles. The molecule has 0 fully saturated rings. The molecule has 3 aromatic carbocycles. The van der Waals surface area contributed by atoms with Crippen molar-refractivity contribution in [1.82, 2.24) is 4.90 Å². The van der Waals surface area contributed by atoms with E-state index in [2.05, 4.69) is 43.5 Å². The first kappa shape index (κ1) is 22.6. The molecule has 0 bridgehead atoms. The molecule has 1 atom stereocenters. The van der Waals surface area contributed by atoms with Gasteiger partial charge in [0.05, 0.1) is 0 Å². The third kappa shape index (κ3) is 4.49. The zero-order valence-corrected chi connectivity index (χ0v) is 19.5. The third-order valence-electron chi connectivity index (χ3n) is 6.21. The average Bonchev–Trinajstić information content (AvgIpc) is 3.10. The smallest absolute Gasteiger partial charge is 0.256 e. The van der Waals surface area contributed by atoms with Crippen LogP contribution >= 0.6 is 0 Å². The molecule has 0 radical (unpaired) electrons. The van der Waals surface area contributed by atoms with E-state index in [1.807, 2.05) is 53.4 Å². The molecule has 2 N–H and O–H groups in total. The van der Waals surface area contributed by atoms with Crippen molar-refractivity contribution in [2.75, 3.05) is 17.2 Å². The molecule has 0 aliphatic carbocycles. The van der Waals surface area contributed by atoms with Gasteiger partial charge in [-0.05, 0) is 54.7 Å². The van der Waals surface area contributed by atoms with Gasteiger partial charge in [-0.2, -0.15) is 0 Å². The monoisotopic (exact) mass is 441 g/mol. The Morgan fingerprint density at radius 1 is 0.879 bits per heavy atom. The topological polar surface area (TPSA) is 61.4 Å². The summed E-state index contributed by atoms with van der Waals surface area (Å²) in [5.41, 5.74) is 6.11. The highest BCUT2D eigenvalue weighted by molar-refractivity contribution is 6.07. The zero-order valence-electron chi connectivity index (χ0n) is 19.5. The second kappa shape index (κ2) is 9.90. The van der Waals surface area contributed by atoms with Crippen molar-refractivity contribution in [3.05, 3.63) is 94.5 Å². The van der Waals surface area contributed by atoms with E-state index < -0.39 is 0 Å². The van der Waals surface area contributed by atoms with Crippen LogP contribution in [0.4, 0.5) is 11.4 Å². The van der Waals surface area contributed by atoms with Crippen molar-refractivity contribution < 1.29 is 9.59 Å². The first-order chi connectivity index (χ1) is 16.1. The van der Waals surface area contributed by atoms with Crippen LogP contribution < -0.4 is 10.6 Å². The van der Waals surface area contributed by atoms with Crippen molar-refractivity contribution in [3.8, 4) is 0 Å². The number of carbonyl (C=O) groups is 2. The van der Waals surface area contributed by atoms with E-state index in [9.17, 15) is 9.59 Å². The molecule has 1 heterocycles. The molecule has 5 heteroatoms. The molecule has 0 aromatic heterocycles. The standard InChI is InChI=1S/C28H31N3O2/c1-4-17-31-26(29-24-13-9-7-11-19(24)5-2)22-16-15-21(18-23(22)28(31)33)27(32)30-25-14-10-8-12-20(25)6-3/h7-16,18,26,29H,4-6,17H2,1-3H3,(H,30,32)/t26-/m0/s1. The van der Waals surface area contributed by atoms with Gasteiger partial charge in [-0.3, -0.25) is 9.59 Å². The molecule has 0 saturated heterocycles. The third-order valence-corrected chi connectivity index (χ3v) is 6.21. The number of rotatable bonds is 8. The van der Waals surface area contributed by atoms with Crippen LogP contribution in [-0.4, -0.2) is 23.3 Å². The Morgan fingerprint density at radius 2 is 1.52 bits per heavy atom. The van der Waals surface area contributed by atoms with E-state index in [-0.39, 0.29) is 18.0 Å². The van der Waals surface area contributed by atoms with E-state index in [0.717, 1.165) is 41.8 Å². The van der Waals surface area contributed by atoms with Crippen molar-refractivity contribution in [2.45, 2.75) is 46.2 Å². The zero-order chi connectivity index (χ0) is 23.4. The van der Waals surface area contributed by atoms with E-state index in [1.54, 1.807) is 6.07 Å². The summed E-state index contributed by atoms with van der Waals surface area (Å²) in [4.78, 5) is 28.2. The summed E-state index contributed by atoms with van der Waals surface area (Å²) in [6.07, 6.45) is 2.34. The van der Waals surface area contributed by atoms with Gasteiger partial charge >= 0.3 is 0 Å². The van der Waals surface area contributed by atoms with Crippen molar-refractivity contribution in [2.24, 2.45) is 0 Å². The van der Waals surface area contributed by atoms with Gasteiger partial charge in [0.15, 0.2) is 0 Å².